The molecule has 0 aromatic heterocycles. The third-order valence-corrected chi connectivity index (χ3v) is 3.73. The number of hydrogen-bond donors (Lipinski definition) is 4. The third kappa shape index (κ3) is 4.88. The van der Waals surface area contributed by atoms with Crippen molar-refractivity contribution < 1.29 is 15.0 Å². The molecule has 0 radical (unpaired) electrons. The fourth-order valence-electron chi connectivity index (χ4n) is 1.86. The number of aromatic hydroxyl groups is 1. The molecule has 124 valence electrons. The van der Waals surface area contributed by atoms with Gasteiger partial charge in [-0.05, 0) is 52.3 Å². The molecule has 24 heavy (non-hydrogen) atoms. The van der Waals surface area contributed by atoms with Gasteiger partial charge in [0.1, 0.15) is 11.4 Å². The molecule has 2 rings (SSSR count). The Balaban J connectivity index is 1.91. The first-order chi connectivity index (χ1) is 11.5. The first-order valence-corrected chi connectivity index (χ1v) is 7.83. The summed E-state index contributed by atoms with van der Waals surface area (Å²) < 4.78 is 0.333. The summed E-state index contributed by atoms with van der Waals surface area (Å²) in [4.78, 5) is 22.3. The largest absolute Gasteiger partial charge is 0.506 e. The Kier molecular flexibility index (Phi) is 6.02. The number of benzene rings is 2. The normalized spacial score (nSPS) is 10.6. The smallest absolute Gasteiger partial charge is 0.293 e. The minimum absolute atomic E-state index is 0.0677. The highest BCUT2D eigenvalue weighted by molar-refractivity contribution is 9.10. The minimum Gasteiger partial charge on any atom is -0.506 e. The van der Waals surface area contributed by atoms with Crippen molar-refractivity contribution in [3.8, 4) is 5.75 Å². The number of amides is 1. The predicted molar refractivity (Wildman–Crippen MR) is 95.2 cm³/mol. The Labute approximate surface area is 146 Å². The molecule has 2 aromatic carbocycles. The Morgan fingerprint density at radius 2 is 2.04 bits per heavy atom. The van der Waals surface area contributed by atoms with Gasteiger partial charge in [0.2, 0.25) is 6.21 Å². The maximum absolute atomic E-state index is 11.8. The molecule has 1 amide bonds. The lowest BCUT2D eigenvalue weighted by Crippen LogP contribution is -2.82. The molecule has 7 nitrogen and oxygen atoms in total. The zero-order chi connectivity index (χ0) is 17.5. The zero-order valence-corrected chi connectivity index (χ0v) is 14.4. The van der Waals surface area contributed by atoms with Crippen LogP contribution in [0.4, 0.5) is 11.4 Å². The number of hydrogen-bond acceptors (Lipinski definition) is 5. The maximum Gasteiger partial charge on any atom is 0.293 e. The van der Waals surface area contributed by atoms with Crippen molar-refractivity contribution >= 4 is 39.4 Å². The summed E-state index contributed by atoms with van der Waals surface area (Å²) in [5.41, 5.74) is 4.90. The monoisotopic (exact) mass is 391 g/mol. The number of nitrogens with one attached hydrogen (secondary N) is 3. The van der Waals surface area contributed by atoms with E-state index in [2.05, 4.69) is 37.0 Å². The van der Waals surface area contributed by atoms with Gasteiger partial charge in [-0.3, -0.25) is 4.79 Å². The Morgan fingerprint density at radius 1 is 1.33 bits per heavy atom. The van der Waals surface area contributed by atoms with Gasteiger partial charge in [-0.15, -0.1) is 15.4 Å². The minimum atomic E-state index is -0.296. The second-order valence-electron chi connectivity index (χ2n) is 5.01. The molecular weight excluding hydrogens is 376 g/mol. The van der Waals surface area contributed by atoms with Gasteiger partial charge in [-0.1, -0.05) is 17.7 Å². The standard InChI is InChI=1S/C16H15BrN4O3/c1-10-2-4-12(5-3-10)18-9-15(22)20-19-8-11-6-13(21-24)7-14(17)16(11)23/h2-8,18,23H,9H2,1H3,(H,20,22)/p+1/b19-8+. The third-order valence-electron chi connectivity index (χ3n) is 3.13. The Hall–Kier alpha value is -2.74. The van der Waals surface area contributed by atoms with Gasteiger partial charge in [-0.25, -0.2) is 0 Å². The van der Waals surface area contributed by atoms with E-state index >= 15 is 0 Å². The number of nitrogens with zero attached hydrogens (tertiary/aromatic N) is 1. The number of hydrazone groups is 1. The SMILES string of the molecule is Cc1ccc(NCC(=O)N/[NH+]=C/c2cc(N=O)cc(Br)c2O)cc1. The van der Waals surface area contributed by atoms with Crippen molar-refractivity contribution in [1.29, 1.82) is 0 Å². The van der Waals surface area contributed by atoms with Crippen LogP contribution in [-0.4, -0.2) is 23.8 Å². The maximum atomic E-state index is 11.8. The van der Waals surface area contributed by atoms with Crippen molar-refractivity contribution in [1.82, 2.24) is 5.43 Å². The lowest BCUT2D eigenvalue weighted by Gasteiger charge is -2.04. The number of phenolic OH excluding ortho intramolecular Hbond substituents is 1. The van der Waals surface area contributed by atoms with Crippen LogP contribution in [0.3, 0.4) is 0 Å². The van der Waals surface area contributed by atoms with Crippen LogP contribution in [0.1, 0.15) is 11.1 Å². The van der Waals surface area contributed by atoms with Gasteiger partial charge in [0.15, 0.2) is 0 Å². The van der Waals surface area contributed by atoms with E-state index in [9.17, 15) is 14.8 Å². The van der Waals surface area contributed by atoms with E-state index in [4.69, 9.17) is 0 Å². The molecule has 0 saturated heterocycles. The molecule has 0 heterocycles. The van der Waals surface area contributed by atoms with Crippen LogP contribution in [0.2, 0.25) is 0 Å². The summed E-state index contributed by atoms with van der Waals surface area (Å²) in [7, 11) is 0. The molecule has 8 heteroatoms. The molecule has 0 saturated carbocycles. The molecule has 0 unspecified atom stereocenters. The van der Waals surface area contributed by atoms with E-state index in [0.717, 1.165) is 11.3 Å². The van der Waals surface area contributed by atoms with E-state index in [1.807, 2.05) is 31.2 Å². The fourth-order valence-corrected chi connectivity index (χ4v) is 2.32. The van der Waals surface area contributed by atoms with Crippen LogP contribution < -0.4 is 15.8 Å². The molecule has 0 aliphatic rings. The molecular formula is C16H16BrN4O3+. The molecule has 0 bridgehead atoms. The van der Waals surface area contributed by atoms with Gasteiger partial charge < -0.3 is 10.4 Å². The number of anilines is 1. The highest BCUT2D eigenvalue weighted by Crippen LogP contribution is 2.31. The molecule has 2 aromatic rings. The van der Waals surface area contributed by atoms with Crippen LogP contribution in [0.5, 0.6) is 5.75 Å². The summed E-state index contributed by atoms with van der Waals surface area (Å²) in [6.45, 7) is 2.06. The number of halogens is 1. The van der Waals surface area contributed by atoms with Gasteiger partial charge >= 0.3 is 0 Å². The molecule has 0 spiro atoms. The fraction of sp³-hybridized carbons (Fsp3) is 0.125. The zero-order valence-electron chi connectivity index (χ0n) is 12.8. The van der Waals surface area contributed by atoms with Crippen LogP contribution in [0.25, 0.3) is 0 Å². The average molecular weight is 392 g/mol. The second kappa shape index (κ2) is 8.21. The molecule has 0 aliphatic heterocycles. The number of aryl methyl sites for hydroxylation is 1. The van der Waals surface area contributed by atoms with Crippen molar-refractivity contribution in [2.24, 2.45) is 5.18 Å². The highest BCUT2D eigenvalue weighted by Gasteiger charge is 2.10. The Morgan fingerprint density at radius 3 is 2.71 bits per heavy atom. The highest BCUT2D eigenvalue weighted by atomic mass is 79.9. The van der Waals surface area contributed by atoms with Crippen LogP contribution >= 0.6 is 15.9 Å². The number of hydrazine groups is 1. The predicted octanol–water partition coefficient (Wildman–Crippen LogP) is 1.50. The molecule has 0 atom stereocenters. The average Bonchev–Trinajstić information content (AvgIpc) is 2.58. The molecule has 0 fully saturated rings. The molecule has 4 N–H and O–H groups in total. The first kappa shape index (κ1) is 17.6. The Bertz CT molecular complexity index is 776. The van der Waals surface area contributed by atoms with E-state index in [0.29, 0.717) is 10.0 Å². The van der Waals surface area contributed by atoms with Crippen molar-refractivity contribution in [2.75, 3.05) is 11.9 Å². The second-order valence-corrected chi connectivity index (χ2v) is 5.87. The van der Waals surface area contributed by atoms with Gasteiger partial charge in [-0.2, -0.15) is 0 Å². The van der Waals surface area contributed by atoms with Crippen LogP contribution in [-0.2, 0) is 4.79 Å². The van der Waals surface area contributed by atoms with E-state index in [-0.39, 0.29) is 23.9 Å². The van der Waals surface area contributed by atoms with Gasteiger partial charge in [0.05, 0.1) is 16.6 Å². The van der Waals surface area contributed by atoms with Crippen LogP contribution in [0.15, 0.2) is 46.0 Å². The summed E-state index contributed by atoms with van der Waals surface area (Å²) in [5, 5.41) is 18.2. The van der Waals surface area contributed by atoms with Crippen LogP contribution in [0, 0.1) is 11.8 Å². The number of rotatable bonds is 6. The number of phenols is 1. The topological polar surface area (TPSA) is 105 Å². The van der Waals surface area contributed by atoms with Crippen molar-refractivity contribution in [3.05, 3.63) is 56.9 Å². The lowest BCUT2D eigenvalue weighted by molar-refractivity contribution is -0.505. The summed E-state index contributed by atoms with van der Waals surface area (Å²) in [6, 6.07) is 10.4. The van der Waals surface area contributed by atoms with Crippen molar-refractivity contribution in [3.63, 3.8) is 0 Å². The number of nitroso groups, excluding NO2 is 1. The van der Waals surface area contributed by atoms with E-state index in [1.54, 1.807) is 0 Å². The lowest BCUT2D eigenvalue weighted by atomic mass is 10.2. The quantitative estimate of drug-likeness (QED) is 0.340. The van der Waals surface area contributed by atoms with Gasteiger partial charge in [0.25, 0.3) is 5.91 Å². The first-order valence-electron chi connectivity index (χ1n) is 7.03. The summed E-state index contributed by atoms with van der Waals surface area (Å²) in [6.07, 6.45) is 1.36. The number of carbonyl (C=O) groups excluding carboxylic acids is 1. The van der Waals surface area contributed by atoms with E-state index in [1.165, 1.54) is 18.3 Å². The number of carbonyl (C=O) groups is 1. The molecule has 0 aliphatic carbocycles. The van der Waals surface area contributed by atoms with E-state index < -0.39 is 0 Å². The summed E-state index contributed by atoms with van der Waals surface area (Å²) in [5.74, 6) is -0.364. The summed E-state index contributed by atoms with van der Waals surface area (Å²) >= 11 is 3.12. The van der Waals surface area contributed by atoms with Crippen molar-refractivity contribution in [2.45, 2.75) is 6.92 Å². The van der Waals surface area contributed by atoms with Gasteiger partial charge in [0, 0.05) is 5.69 Å².